The number of methoxy groups -OCH3 is 1. The molecule has 0 spiro atoms. The molecule has 2 rings (SSSR count). The molecule has 23 heavy (non-hydrogen) atoms. The van der Waals surface area contributed by atoms with Crippen LogP contribution in [0.4, 0.5) is 0 Å². The molecule has 2 aromatic rings. The van der Waals surface area contributed by atoms with Crippen LogP contribution in [0.15, 0.2) is 39.1 Å². The highest BCUT2D eigenvalue weighted by atomic mass is 32.2. The molecular formula is C18H22N2O2S. The third-order valence-corrected chi connectivity index (χ3v) is 4.59. The minimum atomic E-state index is 0.0232. The van der Waals surface area contributed by atoms with Gasteiger partial charge in [0.1, 0.15) is 5.75 Å². The first-order valence-electron chi connectivity index (χ1n) is 7.45. The topological polar surface area (TPSA) is 54.4 Å². The average molecular weight is 330 g/mol. The average Bonchev–Trinajstić information content (AvgIpc) is 2.52. The second kappa shape index (κ2) is 7.51. The van der Waals surface area contributed by atoms with Crippen molar-refractivity contribution in [3.8, 4) is 5.75 Å². The van der Waals surface area contributed by atoms with Crippen LogP contribution in [0.5, 0.6) is 5.75 Å². The van der Waals surface area contributed by atoms with E-state index in [2.05, 4.69) is 30.5 Å². The van der Waals surface area contributed by atoms with Crippen molar-refractivity contribution in [1.82, 2.24) is 4.98 Å². The van der Waals surface area contributed by atoms with Crippen molar-refractivity contribution in [2.45, 2.75) is 26.5 Å². The van der Waals surface area contributed by atoms with Gasteiger partial charge in [-0.05, 0) is 37.1 Å². The predicted molar refractivity (Wildman–Crippen MR) is 99.6 cm³/mol. The van der Waals surface area contributed by atoms with E-state index in [1.165, 1.54) is 0 Å². The summed E-state index contributed by atoms with van der Waals surface area (Å²) in [4.78, 5) is 19.7. The fourth-order valence-corrected chi connectivity index (χ4v) is 3.30. The summed E-state index contributed by atoms with van der Waals surface area (Å²) in [7, 11) is 1.63. The van der Waals surface area contributed by atoms with Crippen LogP contribution in [0.2, 0.25) is 0 Å². The highest BCUT2D eigenvalue weighted by Crippen LogP contribution is 2.25. The lowest BCUT2D eigenvalue weighted by atomic mass is 10.1. The van der Waals surface area contributed by atoms with Crippen molar-refractivity contribution in [1.29, 1.82) is 0 Å². The highest BCUT2D eigenvalue weighted by molar-refractivity contribution is 8.01. The lowest BCUT2D eigenvalue weighted by Crippen LogP contribution is -2.06. The smallest absolute Gasteiger partial charge is 0.189 e. The minimum Gasteiger partial charge on any atom is -0.496 e. The molecule has 0 bridgehead atoms. The number of aliphatic imine (C=N–C) groups is 1. The molecule has 0 fully saturated rings. The first-order chi connectivity index (χ1) is 11.0. The molecule has 0 atom stereocenters. The van der Waals surface area contributed by atoms with Crippen LogP contribution in [0, 0.1) is 12.8 Å². The number of aromatic amines is 1. The van der Waals surface area contributed by atoms with Crippen LogP contribution in [0.3, 0.4) is 0 Å². The van der Waals surface area contributed by atoms with E-state index in [9.17, 15) is 4.79 Å². The number of hydrogen-bond acceptors (Lipinski definition) is 4. The Hall–Kier alpha value is -2.01. The highest BCUT2D eigenvalue weighted by Gasteiger charge is 2.08. The number of benzene rings is 1. The normalized spacial score (nSPS) is 12.0. The molecule has 0 aliphatic rings. The van der Waals surface area contributed by atoms with Gasteiger partial charge in [-0.15, -0.1) is 11.8 Å². The monoisotopic (exact) mass is 330 g/mol. The number of H-pyrrole nitrogens is 1. The van der Waals surface area contributed by atoms with Crippen molar-refractivity contribution in [2.24, 2.45) is 10.9 Å². The van der Waals surface area contributed by atoms with Crippen LogP contribution in [-0.2, 0) is 5.75 Å². The third kappa shape index (κ3) is 3.85. The number of fused-ring (bicyclic) bond motifs is 1. The zero-order valence-corrected chi connectivity index (χ0v) is 14.8. The molecule has 4 nitrogen and oxygen atoms in total. The largest absolute Gasteiger partial charge is 0.496 e. The van der Waals surface area contributed by atoms with Gasteiger partial charge >= 0.3 is 0 Å². The molecule has 0 amide bonds. The van der Waals surface area contributed by atoms with Gasteiger partial charge in [-0.3, -0.25) is 9.79 Å². The summed E-state index contributed by atoms with van der Waals surface area (Å²) in [5.41, 5.74) is 3.64. The lowest BCUT2D eigenvalue weighted by Gasteiger charge is -2.10. The zero-order valence-electron chi connectivity index (χ0n) is 14.0. The standard InChI is InChI=1S/C18H22N2O2S/c1-11(2)15(19-4)10-23-9-13-8-16(21)14-6-7-17(22-5)12(3)18(14)20-13/h6-8,10-11H,4,9H2,1-3,5H3,(H,20,21)/b15-10-. The summed E-state index contributed by atoms with van der Waals surface area (Å²) in [5.74, 6) is 1.78. The number of allylic oxidation sites excluding steroid dienone is 1. The number of nitrogens with one attached hydrogen (secondary N) is 1. The number of nitrogens with zero attached hydrogens (tertiary/aromatic N) is 1. The zero-order chi connectivity index (χ0) is 17.0. The Bertz CT molecular complexity index is 807. The van der Waals surface area contributed by atoms with E-state index in [1.807, 2.05) is 18.4 Å². The molecule has 122 valence electrons. The van der Waals surface area contributed by atoms with E-state index in [0.717, 1.165) is 28.2 Å². The van der Waals surface area contributed by atoms with E-state index in [-0.39, 0.29) is 5.43 Å². The maximum absolute atomic E-state index is 12.3. The molecule has 1 aromatic heterocycles. The molecular weight excluding hydrogens is 308 g/mol. The van der Waals surface area contributed by atoms with E-state index in [1.54, 1.807) is 31.0 Å². The van der Waals surface area contributed by atoms with Crippen molar-refractivity contribution in [3.63, 3.8) is 0 Å². The summed E-state index contributed by atoms with van der Waals surface area (Å²) in [5, 5.41) is 2.68. The van der Waals surface area contributed by atoms with Gasteiger partial charge in [0.05, 0.1) is 12.6 Å². The van der Waals surface area contributed by atoms with E-state index >= 15 is 0 Å². The van der Waals surface area contributed by atoms with Gasteiger partial charge in [0.25, 0.3) is 0 Å². The molecule has 1 N–H and O–H groups in total. The van der Waals surface area contributed by atoms with Crippen LogP contribution in [0.1, 0.15) is 25.1 Å². The first-order valence-corrected chi connectivity index (χ1v) is 8.50. The summed E-state index contributed by atoms with van der Waals surface area (Å²) in [6, 6.07) is 5.29. The van der Waals surface area contributed by atoms with Crippen molar-refractivity contribution in [2.75, 3.05) is 7.11 Å². The predicted octanol–water partition coefficient (Wildman–Crippen LogP) is 4.28. The number of aryl methyl sites for hydroxylation is 1. The van der Waals surface area contributed by atoms with Crippen molar-refractivity contribution in [3.05, 3.63) is 50.8 Å². The van der Waals surface area contributed by atoms with Crippen LogP contribution < -0.4 is 10.2 Å². The molecule has 0 saturated carbocycles. The minimum absolute atomic E-state index is 0.0232. The molecule has 0 aliphatic carbocycles. The summed E-state index contributed by atoms with van der Waals surface area (Å²) >= 11 is 1.60. The summed E-state index contributed by atoms with van der Waals surface area (Å²) < 4.78 is 5.33. The summed E-state index contributed by atoms with van der Waals surface area (Å²) in [6.07, 6.45) is 0. The fraction of sp³-hybridized carbons (Fsp3) is 0.333. The molecule has 0 radical (unpaired) electrons. The molecule has 5 heteroatoms. The SMILES string of the molecule is C=N/C(=C\SCc1cc(=O)c2ccc(OC)c(C)c2[nH]1)C(C)C. The van der Waals surface area contributed by atoms with Crippen molar-refractivity contribution < 1.29 is 4.74 Å². The Labute approximate surface area is 140 Å². The van der Waals surface area contributed by atoms with Gasteiger partial charge in [-0.25, -0.2) is 0 Å². The van der Waals surface area contributed by atoms with Gasteiger partial charge < -0.3 is 9.72 Å². The third-order valence-electron chi connectivity index (χ3n) is 3.71. The molecule has 1 aromatic carbocycles. The lowest BCUT2D eigenvalue weighted by molar-refractivity contribution is 0.412. The number of pyridine rings is 1. The Morgan fingerprint density at radius 2 is 2.22 bits per heavy atom. The number of ether oxygens (including phenoxy) is 1. The number of thioether (sulfide) groups is 1. The van der Waals surface area contributed by atoms with E-state index in [0.29, 0.717) is 17.1 Å². The summed E-state index contributed by atoms with van der Waals surface area (Å²) in [6.45, 7) is 9.70. The van der Waals surface area contributed by atoms with E-state index < -0.39 is 0 Å². The Kier molecular flexibility index (Phi) is 5.66. The number of rotatable bonds is 6. The Morgan fingerprint density at radius 1 is 1.48 bits per heavy atom. The molecule has 1 heterocycles. The van der Waals surface area contributed by atoms with Crippen LogP contribution in [0.25, 0.3) is 10.9 Å². The first kappa shape index (κ1) is 17.3. The molecule has 0 unspecified atom stereocenters. The Morgan fingerprint density at radius 3 is 2.83 bits per heavy atom. The second-order valence-corrected chi connectivity index (χ2v) is 6.50. The molecule has 0 aliphatic heterocycles. The maximum atomic E-state index is 12.3. The number of aromatic nitrogens is 1. The van der Waals surface area contributed by atoms with Gasteiger partial charge in [0.15, 0.2) is 5.43 Å². The maximum Gasteiger partial charge on any atom is 0.189 e. The Balaban J connectivity index is 2.34. The molecule has 0 saturated heterocycles. The van der Waals surface area contributed by atoms with Gasteiger partial charge in [-0.1, -0.05) is 13.8 Å². The second-order valence-electron chi connectivity index (χ2n) is 5.64. The fourth-order valence-electron chi connectivity index (χ4n) is 2.36. The van der Waals surface area contributed by atoms with Gasteiger partial charge in [0.2, 0.25) is 0 Å². The van der Waals surface area contributed by atoms with Gasteiger partial charge in [0, 0.05) is 34.2 Å². The van der Waals surface area contributed by atoms with Crippen molar-refractivity contribution >= 4 is 29.4 Å². The number of hydrogen-bond donors (Lipinski definition) is 1. The van der Waals surface area contributed by atoms with E-state index in [4.69, 9.17) is 4.74 Å². The van der Waals surface area contributed by atoms with Crippen LogP contribution in [-0.4, -0.2) is 18.8 Å². The van der Waals surface area contributed by atoms with Gasteiger partial charge in [-0.2, -0.15) is 0 Å². The van der Waals surface area contributed by atoms with Crippen LogP contribution >= 0.6 is 11.8 Å². The quantitative estimate of drug-likeness (QED) is 0.805.